The number of aliphatic carboxylic acids is 1. The van der Waals surface area contributed by atoms with E-state index in [1.54, 1.807) is 0 Å². The third-order valence-electron chi connectivity index (χ3n) is 6.25. The van der Waals surface area contributed by atoms with Crippen molar-refractivity contribution in [1.29, 1.82) is 0 Å². The van der Waals surface area contributed by atoms with Gasteiger partial charge in [0.05, 0.1) is 6.04 Å². The summed E-state index contributed by atoms with van der Waals surface area (Å²) < 4.78 is 0.920. The summed E-state index contributed by atoms with van der Waals surface area (Å²) in [5, 5.41) is 16.5. The number of carbonyl (C=O) groups is 2. The largest absolute Gasteiger partial charge is 0.480 e. The number of hydrogen-bond acceptors (Lipinski definition) is 3. The van der Waals surface area contributed by atoms with Crippen molar-refractivity contribution in [2.45, 2.75) is 23.4 Å². The van der Waals surface area contributed by atoms with Gasteiger partial charge in [0, 0.05) is 16.1 Å². The van der Waals surface area contributed by atoms with Gasteiger partial charge in [-0.25, -0.2) is 0 Å². The molecule has 3 aromatic carbocycles. The monoisotopic (exact) mass is 462 g/mol. The smallest absolute Gasteiger partial charge is 0.321 e. The van der Waals surface area contributed by atoms with Gasteiger partial charge in [-0.15, -0.1) is 0 Å². The van der Waals surface area contributed by atoms with Gasteiger partial charge in [0.15, 0.2) is 0 Å². The van der Waals surface area contributed by atoms with Crippen LogP contribution in [0.15, 0.2) is 83.3 Å². The average Bonchev–Trinajstić information content (AvgIpc) is 3.26. The van der Waals surface area contributed by atoms with E-state index in [4.69, 9.17) is 0 Å². The van der Waals surface area contributed by atoms with Gasteiger partial charge in [-0.2, -0.15) is 0 Å². The van der Waals surface area contributed by atoms with Crippen LogP contribution < -0.4 is 10.6 Å². The van der Waals surface area contributed by atoms with Crippen LogP contribution in [0.4, 0.5) is 5.69 Å². The number of hydrogen-bond donors (Lipinski definition) is 3. The molecule has 5 rings (SSSR count). The lowest BCUT2D eigenvalue weighted by Crippen LogP contribution is -2.44. The Bertz CT molecular complexity index is 1130. The topological polar surface area (TPSA) is 78.4 Å². The fourth-order valence-corrected chi connectivity index (χ4v) is 5.35. The van der Waals surface area contributed by atoms with Crippen LogP contribution >= 0.6 is 15.9 Å². The van der Waals surface area contributed by atoms with Crippen molar-refractivity contribution < 1.29 is 14.7 Å². The van der Waals surface area contributed by atoms with Gasteiger partial charge in [-0.3, -0.25) is 14.9 Å². The van der Waals surface area contributed by atoms with Crippen molar-refractivity contribution >= 4 is 33.5 Å². The molecule has 0 radical (unpaired) electrons. The van der Waals surface area contributed by atoms with E-state index in [2.05, 4.69) is 26.6 Å². The molecule has 2 aliphatic rings. The van der Waals surface area contributed by atoms with Crippen molar-refractivity contribution in [2.24, 2.45) is 0 Å². The molecule has 1 amide bonds. The molecule has 5 nitrogen and oxygen atoms in total. The zero-order chi connectivity index (χ0) is 20.9. The van der Waals surface area contributed by atoms with E-state index < -0.39 is 29.4 Å². The van der Waals surface area contributed by atoms with E-state index in [0.717, 1.165) is 26.9 Å². The molecular weight excluding hydrogens is 444 g/mol. The van der Waals surface area contributed by atoms with E-state index in [-0.39, 0.29) is 5.91 Å². The summed E-state index contributed by atoms with van der Waals surface area (Å²) in [7, 11) is 0. The molecular formula is C24H19BrN2O3. The molecule has 0 unspecified atom stereocenters. The number of fused-ring (bicyclic) bond motifs is 2. The lowest BCUT2D eigenvalue weighted by atomic mass is 9.63. The Kier molecular flexibility index (Phi) is 4.49. The Morgan fingerprint density at radius 1 is 0.900 bits per heavy atom. The van der Waals surface area contributed by atoms with E-state index in [9.17, 15) is 14.7 Å². The molecule has 1 fully saturated rings. The molecule has 1 saturated heterocycles. The average molecular weight is 463 g/mol. The highest BCUT2D eigenvalue weighted by Crippen LogP contribution is 2.59. The number of carboxylic acid groups (broad SMARTS) is 1. The number of rotatable bonds is 3. The maximum Gasteiger partial charge on any atom is 0.321 e. The minimum Gasteiger partial charge on any atom is -0.480 e. The van der Waals surface area contributed by atoms with Crippen LogP contribution in [0.5, 0.6) is 0 Å². The van der Waals surface area contributed by atoms with Crippen LogP contribution in [0.25, 0.3) is 0 Å². The van der Waals surface area contributed by atoms with Crippen molar-refractivity contribution in [1.82, 2.24) is 5.32 Å². The van der Waals surface area contributed by atoms with Gasteiger partial charge in [0.2, 0.25) is 5.91 Å². The number of halogens is 1. The second-order valence-electron chi connectivity index (χ2n) is 7.72. The Hall–Kier alpha value is -2.96. The minimum atomic E-state index is -1.09. The van der Waals surface area contributed by atoms with Gasteiger partial charge in [0.25, 0.3) is 0 Å². The summed E-state index contributed by atoms with van der Waals surface area (Å²) in [5.41, 5.74) is 2.17. The molecule has 2 heterocycles. The molecule has 0 aromatic heterocycles. The van der Waals surface area contributed by atoms with Crippen LogP contribution in [0.3, 0.4) is 0 Å². The molecule has 3 N–H and O–H groups in total. The molecule has 0 bridgehead atoms. The lowest BCUT2D eigenvalue weighted by Gasteiger charge is -2.35. The zero-order valence-corrected chi connectivity index (χ0v) is 17.5. The summed E-state index contributed by atoms with van der Waals surface area (Å²) in [5.74, 6) is -1.73. The Balaban J connectivity index is 1.81. The number of anilines is 1. The first kappa shape index (κ1) is 19.0. The predicted octanol–water partition coefficient (Wildman–Crippen LogP) is 4.22. The van der Waals surface area contributed by atoms with E-state index in [0.29, 0.717) is 0 Å². The summed E-state index contributed by atoms with van der Waals surface area (Å²) in [6.07, 6.45) is 0. The highest BCUT2D eigenvalue weighted by Gasteiger charge is 2.65. The van der Waals surface area contributed by atoms with Crippen LogP contribution in [-0.4, -0.2) is 23.0 Å². The Morgan fingerprint density at radius 2 is 1.57 bits per heavy atom. The highest BCUT2D eigenvalue weighted by molar-refractivity contribution is 9.10. The first-order chi connectivity index (χ1) is 14.5. The Morgan fingerprint density at radius 3 is 2.27 bits per heavy atom. The van der Waals surface area contributed by atoms with Gasteiger partial charge in [-0.05, 0) is 34.9 Å². The maximum absolute atomic E-state index is 13.7. The normalized spacial score (nSPS) is 27.1. The first-order valence-corrected chi connectivity index (χ1v) is 10.5. The number of carboxylic acids is 1. The standard InChI is InChI=1S/C24H19BrN2O3/c25-16-12-10-15(11-13-16)21-24(17-8-4-5-9-18(17)26-23(24)30)19(20(27-21)22(28)29)14-6-2-1-3-7-14/h1-13,19-21,27H,(H,26,30)(H,28,29)/t19-,20-,21-,24+/m1/s1. The van der Waals surface area contributed by atoms with E-state index >= 15 is 0 Å². The number of benzene rings is 3. The highest BCUT2D eigenvalue weighted by atomic mass is 79.9. The fraction of sp³-hybridized carbons (Fsp3) is 0.167. The molecule has 6 heteroatoms. The summed E-state index contributed by atoms with van der Waals surface area (Å²) in [4.78, 5) is 26.1. The summed E-state index contributed by atoms with van der Waals surface area (Å²) in [6, 6.07) is 23.3. The van der Waals surface area contributed by atoms with Crippen molar-refractivity contribution in [3.8, 4) is 0 Å². The summed E-state index contributed by atoms with van der Waals surface area (Å²) >= 11 is 3.46. The van der Waals surface area contributed by atoms with Crippen LogP contribution in [0.2, 0.25) is 0 Å². The van der Waals surface area contributed by atoms with Crippen LogP contribution in [-0.2, 0) is 15.0 Å². The van der Waals surface area contributed by atoms with Crippen molar-refractivity contribution in [2.75, 3.05) is 5.32 Å². The first-order valence-electron chi connectivity index (χ1n) is 9.73. The third-order valence-corrected chi connectivity index (χ3v) is 6.78. The minimum absolute atomic E-state index is 0.179. The molecule has 3 aromatic rings. The second-order valence-corrected chi connectivity index (χ2v) is 8.64. The molecule has 30 heavy (non-hydrogen) atoms. The number of para-hydroxylation sites is 1. The van der Waals surface area contributed by atoms with Crippen molar-refractivity contribution in [3.05, 3.63) is 100 Å². The van der Waals surface area contributed by atoms with Gasteiger partial charge >= 0.3 is 5.97 Å². The molecule has 150 valence electrons. The quantitative estimate of drug-likeness (QED) is 0.544. The summed E-state index contributed by atoms with van der Waals surface area (Å²) in [6.45, 7) is 0. The van der Waals surface area contributed by atoms with Gasteiger partial charge < -0.3 is 10.4 Å². The van der Waals surface area contributed by atoms with Crippen LogP contribution in [0.1, 0.15) is 28.7 Å². The molecule has 0 aliphatic carbocycles. The van der Waals surface area contributed by atoms with E-state index in [1.807, 2.05) is 78.9 Å². The van der Waals surface area contributed by atoms with E-state index in [1.165, 1.54) is 0 Å². The van der Waals surface area contributed by atoms with Gasteiger partial charge in [-0.1, -0.05) is 76.6 Å². The molecule has 1 spiro atoms. The second kappa shape index (κ2) is 7.07. The molecule has 0 saturated carbocycles. The fourth-order valence-electron chi connectivity index (χ4n) is 5.09. The number of amides is 1. The van der Waals surface area contributed by atoms with Crippen LogP contribution in [0, 0.1) is 0 Å². The van der Waals surface area contributed by atoms with Gasteiger partial charge in [0.1, 0.15) is 11.5 Å². The molecule has 4 atom stereocenters. The maximum atomic E-state index is 13.7. The number of carbonyl (C=O) groups excluding carboxylic acids is 1. The SMILES string of the molecule is O=C(O)[C@@H]1N[C@H](c2ccc(Br)cc2)[C@@]2(C(=O)Nc3ccccc32)[C@@H]1c1ccccc1. The number of nitrogens with one attached hydrogen (secondary N) is 2. The van der Waals surface area contributed by atoms with Crippen molar-refractivity contribution in [3.63, 3.8) is 0 Å². The predicted molar refractivity (Wildman–Crippen MR) is 117 cm³/mol. The zero-order valence-electron chi connectivity index (χ0n) is 15.9. The molecule has 2 aliphatic heterocycles. The third kappa shape index (κ3) is 2.64. The lowest BCUT2D eigenvalue weighted by molar-refractivity contribution is -0.139. The Labute approximate surface area is 182 Å².